The van der Waals surface area contributed by atoms with Gasteiger partial charge in [-0.05, 0) is 29.8 Å². The number of nitrogens with zero attached hydrogens (tertiary/aromatic N) is 4. The molecule has 4 rings (SSSR count). The van der Waals surface area contributed by atoms with Gasteiger partial charge in [-0.25, -0.2) is 9.97 Å². The molecule has 0 spiro atoms. The summed E-state index contributed by atoms with van der Waals surface area (Å²) in [5, 5.41) is 2.87. The Labute approximate surface area is 167 Å². The van der Waals surface area contributed by atoms with Gasteiger partial charge < -0.3 is 20.2 Å². The average Bonchev–Trinajstić information content (AvgIpc) is 3.28. The lowest BCUT2D eigenvalue weighted by Crippen LogP contribution is -2.36. The van der Waals surface area contributed by atoms with Gasteiger partial charge >= 0.3 is 0 Å². The summed E-state index contributed by atoms with van der Waals surface area (Å²) in [5.41, 5.74) is 8.30. The molecule has 3 N–H and O–H groups in total. The van der Waals surface area contributed by atoms with Gasteiger partial charge in [0.2, 0.25) is 5.95 Å². The highest BCUT2D eigenvalue weighted by atomic mass is 16.5. The normalized spacial score (nSPS) is 14.6. The fourth-order valence-corrected chi connectivity index (χ4v) is 3.16. The van der Waals surface area contributed by atoms with E-state index in [0.29, 0.717) is 18.0 Å². The number of hydrogen-bond donors (Lipinski definition) is 2. The van der Waals surface area contributed by atoms with E-state index in [-0.39, 0.29) is 17.5 Å². The molecule has 0 atom stereocenters. The molecule has 0 radical (unpaired) electrons. The number of nitrogen functional groups attached to an aromatic ring is 1. The summed E-state index contributed by atoms with van der Waals surface area (Å²) in [7, 11) is 0. The predicted molar refractivity (Wildman–Crippen MR) is 106 cm³/mol. The van der Waals surface area contributed by atoms with Crippen LogP contribution >= 0.6 is 0 Å². The molecule has 4 heterocycles. The number of anilines is 1. The molecule has 29 heavy (non-hydrogen) atoms. The molecule has 9 nitrogen and oxygen atoms in total. The van der Waals surface area contributed by atoms with Crippen molar-refractivity contribution in [2.45, 2.75) is 13.1 Å². The number of aromatic nitrogens is 3. The quantitative estimate of drug-likeness (QED) is 0.645. The van der Waals surface area contributed by atoms with E-state index in [0.717, 1.165) is 44.1 Å². The topological polar surface area (TPSA) is 119 Å². The van der Waals surface area contributed by atoms with E-state index in [1.807, 2.05) is 12.1 Å². The largest absolute Gasteiger partial charge is 0.463 e. The Kier molecular flexibility index (Phi) is 5.78. The molecule has 3 aromatic heterocycles. The van der Waals surface area contributed by atoms with Gasteiger partial charge in [0.05, 0.1) is 31.7 Å². The third kappa shape index (κ3) is 4.76. The number of amides is 1. The van der Waals surface area contributed by atoms with E-state index >= 15 is 0 Å². The van der Waals surface area contributed by atoms with Crippen LogP contribution in [-0.2, 0) is 17.8 Å². The van der Waals surface area contributed by atoms with Crippen molar-refractivity contribution in [2.24, 2.45) is 0 Å². The van der Waals surface area contributed by atoms with E-state index in [4.69, 9.17) is 14.9 Å². The lowest BCUT2D eigenvalue weighted by molar-refractivity contribution is 0.0340. The first-order chi connectivity index (χ1) is 14.2. The maximum atomic E-state index is 12.7. The molecule has 1 aliphatic rings. The number of hydrogen-bond acceptors (Lipinski definition) is 8. The first-order valence-corrected chi connectivity index (χ1v) is 9.38. The van der Waals surface area contributed by atoms with E-state index in [9.17, 15) is 4.79 Å². The lowest BCUT2D eigenvalue weighted by atomic mass is 10.1. The molecule has 9 heteroatoms. The summed E-state index contributed by atoms with van der Waals surface area (Å²) < 4.78 is 10.7. The van der Waals surface area contributed by atoms with Gasteiger partial charge in [0.15, 0.2) is 5.76 Å². The first kappa shape index (κ1) is 19.0. The Morgan fingerprint density at radius 1 is 1.21 bits per heavy atom. The van der Waals surface area contributed by atoms with Crippen LogP contribution in [0.4, 0.5) is 5.95 Å². The van der Waals surface area contributed by atoms with Crippen molar-refractivity contribution in [2.75, 3.05) is 32.0 Å². The molecule has 3 aromatic rings. The minimum atomic E-state index is -0.352. The Bertz CT molecular complexity index is 970. The summed E-state index contributed by atoms with van der Waals surface area (Å²) in [6.45, 7) is 4.30. The molecule has 1 fully saturated rings. The highest BCUT2D eigenvalue weighted by molar-refractivity contribution is 5.93. The second-order valence-corrected chi connectivity index (χ2v) is 6.65. The number of carbonyl (C=O) groups is 1. The molecular weight excluding hydrogens is 372 g/mol. The standard InChI is InChI=1S/C20H22N6O3/c21-20-24-15(18-4-2-8-29-18)11-16(25-20)19(27)23-12-17-14(3-1-5-22-17)13-26-6-9-28-10-7-26/h1-5,8,11H,6-7,9-10,12-13H2,(H,23,27)(H2,21,24,25). The summed E-state index contributed by atoms with van der Waals surface area (Å²) in [4.78, 5) is 27.6. The van der Waals surface area contributed by atoms with E-state index < -0.39 is 0 Å². The SMILES string of the molecule is Nc1nc(C(=O)NCc2ncccc2CN2CCOCC2)cc(-c2ccco2)n1. The number of ether oxygens (including phenoxy) is 1. The maximum absolute atomic E-state index is 12.7. The number of carbonyl (C=O) groups excluding carboxylic acids is 1. The highest BCUT2D eigenvalue weighted by Crippen LogP contribution is 2.19. The molecule has 150 valence electrons. The number of nitrogens with one attached hydrogen (secondary N) is 1. The van der Waals surface area contributed by atoms with Gasteiger partial charge in [-0.3, -0.25) is 14.7 Å². The molecule has 1 saturated heterocycles. The van der Waals surface area contributed by atoms with Crippen molar-refractivity contribution in [1.29, 1.82) is 0 Å². The van der Waals surface area contributed by atoms with Crippen molar-refractivity contribution in [1.82, 2.24) is 25.2 Å². The first-order valence-electron chi connectivity index (χ1n) is 9.38. The van der Waals surface area contributed by atoms with Crippen LogP contribution in [0.5, 0.6) is 0 Å². The van der Waals surface area contributed by atoms with Crippen molar-refractivity contribution in [3.05, 3.63) is 59.7 Å². The van der Waals surface area contributed by atoms with Gasteiger partial charge in [-0.15, -0.1) is 0 Å². The predicted octanol–water partition coefficient (Wildman–Crippen LogP) is 1.48. The van der Waals surface area contributed by atoms with Crippen LogP contribution in [0, 0.1) is 0 Å². The zero-order valence-electron chi connectivity index (χ0n) is 15.9. The van der Waals surface area contributed by atoms with E-state index in [1.54, 1.807) is 24.4 Å². The number of pyridine rings is 1. The van der Waals surface area contributed by atoms with Crippen LogP contribution in [0.2, 0.25) is 0 Å². The molecule has 1 amide bonds. The summed E-state index contributed by atoms with van der Waals surface area (Å²) in [5.74, 6) is 0.176. The Balaban J connectivity index is 1.45. The molecular formula is C20H22N6O3. The van der Waals surface area contributed by atoms with Gasteiger partial charge in [0, 0.05) is 25.8 Å². The molecule has 0 bridgehead atoms. The fourth-order valence-electron chi connectivity index (χ4n) is 3.16. The third-order valence-corrected chi connectivity index (χ3v) is 4.65. The minimum Gasteiger partial charge on any atom is -0.463 e. The zero-order valence-corrected chi connectivity index (χ0v) is 15.9. The third-order valence-electron chi connectivity index (χ3n) is 4.65. The number of morpholine rings is 1. The second-order valence-electron chi connectivity index (χ2n) is 6.65. The molecule has 0 unspecified atom stereocenters. The van der Waals surface area contributed by atoms with Crippen LogP contribution in [0.15, 0.2) is 47.2 Å². The van der Waals surface area contributed by atoms with Gasteiger partial charge in [-0.1, -0.05) is 6.07 Å². The van der Waals surface area contributed by atoms with Crippen molar-refractivity contribution < 1.29 is 13.9 Å². The van der Waals surface area contributed by atoms with Gasteiger partial charge in [-0.2, -0.15) is 0 Å². The maximum Gasteiger partial charge on any atom is 0.270 e. The van der Waals surface area contributed by atoms with Crippen molar-refractivity contribution in [3.63, 3.8) is 0 Å². The number of furan rings is 1. The highest BCUT2D eigenvalue weighted by Gasteiger charge is 2.16. The van der Waals surface area contributed by atoms with Crippen LogP contribution in [0.25, 0.3) is 11.5 Å². The van der Waals surface area contributed by atoms with Gasteiger partial charge in [0.1, 0.15) is 11.4 Å². The van der Waals surface area contributed by atoms with Crippen molar-refractivity contribution in [3.8, 4) is 11.5 Å². The Morgan fingerprint density at radius 3 is 2.86 bits per heavy atom. The Morgan fingerprint density at radius 2 is 2.07 bits per heavy atom. The van der Waals surface area contributed by atoms with E-state index in [2.05, 4.69) is 25.2 Å². The second kappa shape index (κ2) is 8.80. The summed E-state index contributed by atoms with van der Waals surface area (Å²) in [6, 6.07) is 8.97. The lowest BCUT2D eigenvalue weighted by Gasteiger charge is -2.27. The van der Waals surface area contributed by atoms with Crippen molar-refractivity contribution >= 4 is 11.9 Å². The number of nitrogens with two attached hydrogens (primary N) is 1. The zero-order chi connectivity index (χ0) is 20.1. The number of rotatable bonds is 6. The fraction of sp³-hybridized carbons (Fsp3) is 0.300. The van der Waals surface area contributed by atoms with Crippen LogP contribution in [0.3, 0.4) is 0 Å². The average molecular weight is 394 g/mol. The summed E-state index contributed by atoms with van der Waals surface area (Å²) >= 11 is 0. The van der Waals surface area contributed by atoms with Gasteiger partial charge in [0.25, 0.3) is 5.91 Å². The molecule has 1 aliphatic heterocycles. The minimum absolute atomic E-state index is 0.00916. The monoisotopic (exact) mass is 394 g/mol. The summed E-state index contributed by atoms with van der Waals surface area (Å²) in [6.07, 6.45) is 3.26. The Hall–Kier alpha value is -3.30. The molecule has 0 aromatic carbocycles. The van der Waals surface area contributed by atoms with Crippen LogP contribution < -0.4 is 11.1 Å². The molecule has 0 saturated carbocycles. The van der Waals surface area contributed by atoms with Crippen LogP contribution in [-0.4, -0.2) is 52.1 Å². The molecule has 0 aliphatic carbocycles. The van der Waals surface area contributed by atoms with E-state index in [1.165, 1.54) is 6.26 Å². The smallest absolute Gasteiger partial charge is 0.270 e. The van der Waals surface area contributed by atoms with Crippen LogP contribution in [0.1, 0.15) is 21.7 Å².